The number of esters is 1. The van der Waals surface area contributed by atoms with Crippen LogP contribution in [0.5, 0.6) is 0 Å². The van der Waals surface area contributed by atoms with Crippen LogP contribution in [-0.2, 0) is 10.5 Å². The maximum Gasteiger partial charge on any atom is 0.337 e. The van der Waals surface area contributed by atoms with E-state index in [-0.39, 0.29) is 5.97 Å². The average Bonchev–Trinajstić information content (AvgIpc) is 3.00. The van der Waals surface area contributed by atoms with Crippen LogP contribution in [0.25, 0.3) is 5.69 Å². The van der Waals surface area contributed by atoms with Gasteiger partial charge in [-0.3, -0.25) is 4.57 Å². The Morgan fingerprint density at radius 2 is 1.92 bits per heavy atom. The van der Waals surface area contributed by atoms with Gasteiger partial charge in [0.2, 0.25) is 0 Å². The lowest BCUT2D eigenvalue weighted by Crippen LogP contribution is -2.02. The third kappa shape index (κ3) is 3.74. The normalized spacial score (nSPS) is 10.7. The minimum atomic E-state index is -0.328. The quantitative estimate of drug-likeness (QED) is 0.513. The molecule has 2 aromatic carbocycles. The number of aryl methyl sites for hydroxylation is 2. The number of carbonyl (C=O) groups excluding carboxylic acids is 1. The Morgan fingerprint density at radius 1 is 1.12 bits per heavy atom. The Morgan fingerprint density at radius 3 is 2.68 bits per heavy atom. The van der Waals surface area contributed by atoms with E-state index < -0.39 is 0 Å². The molecule has 0 spiro atoms. The first kappa shape index (κ1) is 17.2. The molecular formula is C19H19N3O2S. The summed E-state index contributed by atoms with van der Waals surface area (Å²) in [5.41, 5.74) is 3.83. The van der Waals surface area contributed by atoms with E-state index in [0.29, 0.717) is 11.3 Å². The molecule has 0 bridgehead atoms. The van der Waals surface area contributed by atoms with Gasteiger partial charge in [-0.2, -0.15) is 0 Å². The average molecular weight is 353 g/mol. The monoisotopic (exact) mass is 353 g/mol. The number of ether oxygens (including phenoxy) is 1. The van der Waals surface area contributed by atoms with Gasteiger partial charge in [0.25, 0.3) is 0 Å². The van der Waals surface area contributed by atoms with Gasteiger partial charge in [-0.15, -0.1) is 10.2 Å². The Kier molecular flexibility index (Phi) is 5.19. The highest BCUT2D eigenvalue weighted by Crippen LogP contribution is 2.26. The molecule has 0 aliphatic carbocycles. The highest BCUT2D eigenvalue weighted by Gasteiger charge is 2.13. The summed E-state index contributed by atoms with van der Waals surface area (Å²) >= 11 is 1.59. The van der Waals surface area contributed by atoms with Gasteiger partial charge < -0.3 is 4.74 Å². The van der Waals surface area contributed by atoms with E-state index in [2.05, 4.69) is 33.8 Å². The molecule has 0 radical (unpaired) electrons. The Bertz CT molecular complexity index is 905. The van der Waals surface area contributed by atoms with Gasteiger partial charge in [-0.1, -0.05) is 42.1 Å². The molecule has 0 atom stereocenters. The lowest BCUT2D eigenvalue weighted by molar-refractivity contribution is 0.0600. The first-order chi connectivity index (χ1) is 12.1. The fraction of sp³-hybridized carbons (Fsp3) is 0.211. The second kappa shape index (κ2) is 7.53. The number of benzene rings is 2. The van der Waals surface area contributed by atoms with Crippen molar-refractivity contribution >= 4 is 17.7 Å². The van der Waals surface area contributed by atoms with Crippen LogP contribution in [-0.4, -0.2) is 27.8 Å². The first-order valence-electron chi connectivity index (χ1n) is 7.88. The van der Waals surface area contributed by atoms with E-state index in [4.69, 9.17) is 4.74 Å². The van der Waals surface area contributed by atoms with Crippen LogP contribution >= 0.6 is 11.8 Å². The van der Waals surface area contributed by atoms with E-state index in [0.717, 1.165) is 22.2 Å². The van der Waals surface area contributed by atoms with Gasteiger partial charge in [0.05, 0.1) is 18.4 Å². The molecule has 25 heavy (non-hydrogen) atoms. The summed E-state index contributed by atoms with van der Waals surface area (Å²) in [5, 5.41) is 9.36. The fourth-order valence-corrected chi connectivity index (χ4v) is 3.52. The molecular weight excluding hydrogens is 334 g/mol. The first-order valence-corrected chi connectivity index (χ1v) is 8.87. The molecule has 0 N–H and O–H groups in total. The second-order valence-electron chi connectivity index (χ2n) is 5.63. The lowest BCUT2D eigenvalue weighted by Gasteiger charge is -2.11. The molecule has 1 heterocycles. The summed E-state index contributed by atoms with van der Waals surface area (Å²) in [5.74, 6) is 1.21. The number of thioether (sulfide) groups is 1. The van der Waals surface area contributed by atoms with Gasteiger partial charge in [0.15, 0.2) is 5.16 Å². The molecule has 0 saturated heterocycles. The fourth-order valence-electron chi connectivity index (χ4n) is 2.58. The standard InChI is InChI=1S/C19H19N3O2S/c1-13-7-4-5-10-17(13)22-14(2)20-21-19(22)25-12-15-8-6-9-16(11-15)18(23)24-3/h4-11H,12H2,1-3H3. The van der Waals surface area contributed by atoms with Crippen molar-refractivity contribution in [2.24, 2.45) is 0 Å². The molecule has 0 amide bonds. The van der Waals surface area contributed by atoms with Crippen LogP contribution < -0.4 is 0 Å². The SMILES string of the molecule is COC(=O)c1cccc(CSc2nnc(C)n2-c2ccccc2C)c1. The van der Waals surface area contributed by atoms with Crippen LogP contribution in [0.15, 0.2) is 53.7 Å². The molecule has 0 unspecified atom stereocenters. The zero-order valence-electron chi connectivity index (χ0n) is 14.4. The van der Waals surface area contributed by atoms with Crippen molar-refractivity contribution in [3.8, 4) is 5.69 Å². The summed E-state index contributed by atoms with van der Waals surface area (Å²) in [6.07, 6.45) is 0. The maximum atomic E-state index is 11.7. The number of aromatic nitrogens is 3. The van der Waals surface area contributed by atoms with E-state index in [1.54, 1.807) is 17.8 Å². The van der Waals surface area contributed by atoms with Crippen LogP contribution in [0.3, 0.4) is 0 Å². The minimum Gasteiger partial charge on any atom is -0.465 e. The van der Waals surface area contributed by atoms with Crippen LogP contribution in [0, 0.1) is 13.8 Å². The van der Waals surface area contributed by atoms with Gasteiger partial charge in [0, 0.05) is 5.75 Å². The maximum absolute atomic E-state index is 11.7. The Labute approximate surface area is 151 Å². The third-order valence-electron chi connectivity index (χ3n) is 3.87. The number of nitrogens with zero attached hydrogens (tertiary/aromatic N) is 3. The smallest absolute Gasteiger partial charge is 0.337 e. The Hall–Kier alpha value is -2.60. The number of hydrogen-bond acceptors (Lipinski definition) is 5. The number of carbonyl (C=O) groups is 1. The second-order valence-corrected chi connectivity index (χ2v) is 6.57. The molecule has 0 fully saturated rings. The summed E-state index contributed by atoms with van der Waals surface area (Å²) in [4.78, 5) is 11.7. The van der Waals surface area contributed by atoms with E-state index in [9.17, 15) is 4.79 Å². The zero-order valence-corrected chi connectivity index (χ0v) is 15.2. The highest BCUT2D eigenvalue weighted by atomic mass is 32.2. The summed E-state index contributed by atoms with van der Waals surface area (Å²) < 4.78 is 6.83. The van der Waals surface area contributed by atoms with E-state index in [1.165, 1.54) is 12.7 Å². The van der Waals surface area contributed by atoms with Gasteiger partial charge in [-0.25, -0.2) is 4.79 Å². The van der Waals surface area contributed by atoms with Gasteiger partial charge >= 0.3 is 5.97 Å². The van der Waals surface area contributed by atoms with Crippen molar-refractivity contribution in [1.82, 2.24) is 14.8 Å². The molecule has 3 rings (SSSR count). The van der Waals surface area contributed by atoms with Crippen molar-refractivity contribution in [2.45, 2.75) is 24.8 Å². The molecule has 6 heteroatoms. The van der Waals surface area contributed by atoms with Crippen molar-refractivity contribution in [3.05, 3.63) is 71.0 Å². The topological polar surface area (TPSA) is 57.0 Å². The van der Waals surface area contributed by atoms with Crippen molar-refractivity contribution < 1.29 is 9.53 Å². The Balaban J connectivity index is 1.84. The molecule has 0 aliphatic heterocycles. The lowest BCUT2D eigenvalue weighted by atomic mass is 10.1. The van der Waals surface area contributed by atoms with Gasteiger partial charge in [0.1, 0.15) is 5.82 Å². The number of methoxy groups -OCH3 is 1. The number of para-hydroxylation sites is 1. The highest BCUT2D eigenvalue weighted by molar-refractivity contribution is 7.98. The zero-order chi connectivity index (χ0) is 17.8. The summed E-state index contributed by atoms with van der Waals surface area (Å²) in [6.45, 7) is 4.02. The van der Waals surface area contributed by atoms with Crippen molar-refractivity contribution in [3.63, 3.8) is 0 Å². The van der Waals surface area contributed by atoms with E-state index in [1.807, 2.05) is 37.3 Å². The number of rotatable bonds is 5. The van der Waals surface area contributed by atoms with Crippen molar-refractivity contribution in [1.29, 1.82) is 0 Å². The van der Waals surface area contributed by atoms with Crippen LogP contribution in [0.2, 0.25) is 0 Å². The molecule has 3 aromatic rings. The third-order valence-corrected chi connectivity index (χ3v) is 4.87. The molecule has 128 valence electrons. The molecule has 1 aromatic heterocycles. The van der Waals surface area contributed by atoms with E-state index >= 15 is 0 Å². The minimum absolute atomic E-state index is 0.328. The molecule has 0 saturated carbocycles. The molecule has 5 nitrogen and oxygen atoms in total. The van der Waals surface area contributed by atoms with Gasteiger partial charge in [-0.05, 0) is 43.2 Å². The van der Waals surface area contributed by atoms with Crippen molar-refractivity contribution in [2.75, 3.05) is 7.11 Å². The number of hydrogen-bond donors (Lipinski definition) is 0. The predicted octanol–water partition coefficient (Wildman–Crippen LogP) is 3.96. The predicted molar refractivity (Wildman–Crippen MR) is 98.2 cm³/mol. The van der Waals surface area contributed by atoms with Crippen LogP contribution in [0.4, 0.5) is 0 Å². The molecule has 0 aliphatic rings. The van der Waals surface area contributed by atoms with Crippen LogP contribution in [0.1, 0.15) is 27.3 Å². The summed E-state index contributed by atoms with van der Waals surface area (Å²) in [7, 11) is 1.39. The summed E-state index contributed by atoms with van der Waals surface area (Å²) in [6, 6.07) is 15.6. The largest absolute Gasteiger partial charge is 0.465 e.